The van der Waals surface area contributed by atoms with Crippen molar-refractivity contribution in [1.29, 1.82) is 0 Å². The Morgan fingerprint density at radius 2 is 2.07 bits per heavy atom. The lowest BCUT2D eigenvalue weighted by Gasteiger charge is -2.06. The van der Waals surface area contributed by atoms with Gasteiger partial charge in [0.2, 0.25) is 0 Å². The molecule has 0 aromatic carbocycles. The Balaban J connectivity index is 3.45. The number of nitrogens with zero attached hydrogens (tertiary/aromatic N) is 1. The van der Waals surface area contributed by atoms with E-state index in [1.807, 2.05) is 6.92 Å². The average Bonchev–Trinajstić information content (AvgIpc) is 2.07. The molecule has 14 heavy (non-hydrogen) atoms. The maximum absolute atomic E-state index is 11.6. The molecule has 3 nitrogen and oxygen atoms in total. The van der Waals surface area contributed by atoms with Gasteiger partial charge in [0.15, 0.2) is 0 Å². The number of alkyl halides is 3. The zero-order chi connectivity index (χ0) is 11.0. The molecule has 2 N–H and O–H groups in total. The second-order valence-electron chi connectivity index (χ2n) is 2.79. The summed E-state index contributed by atoms with van der Waals surface area (Å²) >= 11 is 0. The van der Waals surface area contributed by atoms with Crippen LogP contribution in [0, 0.1) is 0 Å². The lowest BCUT2D eigenvalue weighted by atomic mass is 10.4. The van der Waals surface area contributed by atoms with E-state index in [1.54, 1.807) is 0 Å². The quantitative estimate of drug-likeness (QED) is 0.414. The molecule has 0 atom stereocenters. The number of halogens is 3. The van der Waals surface area contributed by atoms with Gasteiger partial charge in [0, 0.05) is 13.0 Å². The summed E-state index contributed by atoms with van der Waals surface area (Å²) in [6.45, 7) is 1.27. The van der Waals surface area contributed by atoms with Crippen molar-refractivity contribution in [2.75, 3.05) is 19.8 Å². The topological polar surface area (TPSA) is 47.6 Å². The lowest BCUT2D eigenvalue weighted by Crippen LogP contribution is -2.20. The average molecular weight is 212 g/mol. The smallest absolute Gasteiger partial charge is 0.387 e. The van der Waals surface area contributed by atoms with E-state index >= 15 is 0 Å². The highest BCUT2D eigenvalue weighted by Gasteiger charge is 2.27. The Kier molecular flexibility index (Phi) is 6.27. The molecule has 0 saturated carbocycles. The molecule has 0 aliphatic rings. The first kappa shape index (κ1) is 13.2. The van der Waals surface area contributed by atoms with Crippen LogP contribution in [0.2, 0.25) is 0 Å². The van der Waals surface area contributed by atoms with Gasteiger partial charge < -0.3 is 10.5 Å². The molecule has 0 heterocycles. The van der Waals surface area contributed by atoms with Crippen LogP contribution in [0.5, 0.6) is 0 Å². The van der Waals surface area contributed by atoms with Crippen LogP contribution in [0.25, 0.3) is 0 Å². The highest BCUT2D eigenvalue weighted by molar-refractivity contribution is 5.80. The third kappa shape index (κ3) is 9.31. The van der Waals surface area contributed by atoms with Crippen molar-refractivity contribution in [2.45, 2.75) is 25.9 Å². The molecule has 0 aromatic rings. The third-order valence-electron chi connectivity index (χ3n) is 1.31. The minimum Gasteiger partial charge on any atom is -0.387 e. The minimum atomic E-state index is -4.27. The third-order valence-corrected chi connectivity index (χ3v) is 1.31. The molecule has 0 spiro atoms. The summed E-state index contributed by atoms with van der Waals surface area (Å²) in [5, 5.41) is 0. The van der Waals surface area contributed by atoms with Gasteiger partial charge in [-0.05, 0) is 6.42 Å². The molecule has 0 amide bonds. The number of rotatable bonds is 6. The summed E-state index contributed by atoms with van der Waals surface area (Å²) < 4.78 is 39.2. The number of aliphatic imine (C=N–C) groups is 1. The molecule has 0 rings (SSSR count). The van der Waals surface area contributed by atoms with Crippen LogP contribution in [0.3, 0.4) is 0 Å². The number of ether oxygens (including phenoxy) is 1. The molecule has 0 aliphatic carbocycles. The van der Waals surface area contributed by atoms with Crippen LogP contribution < -0.4 is 5.73 Å². The molecule has 0 saturated heterocycles. The fraction of sp³-hybridized carbons (Fsp3) is 0.875. The van der Waals surface area contributed by atoms with E-state index in [-0.39, 0.29) is 13.0 Å². The van der Waals surface area contributed by atoms with E-state index in [0.29, 0.717) is 12.4 Å². The monoisotopic (exact) mass is 212 g/mol. The maximum atomic E-state index is 11.6. The highest BCUT2D eigenvalue weighted by Crippen LogP contribution is 2.14. The molecule has 0 aliphatic heterocycles. The molecular formula is C8H15F3N2O. The predicted molar refractivity (Wildman–Crippen MR) is 48.3 cm³/mol. The first-order valence-corrected chi connectivity index (χ1v) is 4.39. The van der Waals surface area contributed by atoms with Gasteiger partial charge in [-0.1, -0.05) is 6.92 Å². The number of hydrogen-bond donors (Lipinski definition) is 1. The first-order valence-electron chi connectivity index (χ1n) is 4.39. The first-order chi connectivity index (χ1) is 6.45. The van der Waals surface area contributed by atoms with Gasteiger partial charge in [-0.15, -0.1) is 0 Å². The normalized spacial score (nSPS) is 13.3. The summed E-state index contributed by atoms with van der Waals surface area (Å²) in [6.07, 6.45) is -3.16. The fourth-order valence-electron chi connectivity index (χ4n) is 0.699. The van der Waals surface area contributed by atoms with Crippen LogP contribution in [0.1, 0.15) is 19.8 Å². The van der Waals surface area contributed by atoms with Gasteiger partial charge in [0.05, 0.1) is 12.4 Å². The summed E-state index contributed by atoms with van der Waals surface area (Å²) in [4.78, 5) is 3.91. The maximum Gasteiger partial charge on any atom is 0.411 e. The Morgan fingerprint density at radius 1 is 1.43 bits per heavy atom. The van der Waals surface area contributed by atoms with Crippen molar-refractivity contribution in [1.82, 2.24) is 0 Å². The van der Waals surface area contributed by atoms with E-state index in [9.17, 15) is 13.2 Å². The van der Waals surface area contributed by atoms with Crippen molar-refractivity contribution in [3.8, 4) is 0 Å². The van der Waals surface area contributed by atoms with Crippen molar-refractivity contribution in [3.05, 3.63) is 0 Å². The molecule has 0 bridgehead atoms. The number of hydrogen-bond acceptors (Lipinski definition) is 2. The number of amidine groups is 1. The van der Waals surface area contributed by atoms with E-state index in [1.165, 1.54) is 0 Å². The van der Waals surface area contributed by atoms with E-state index < -0.39 is 12.8 Å². The second-order valence-corrected chi connectivity index (χ2v) is 2.79. The van der Waals surface area contributed by atoms with Gasteiger partial charge in [0.25, 0.3) is 0 Å². The molecule has 0 unspecified atom stereocenters. The molecule has 0 aromatic heterocycles. The zero-order valence-corrected chi connectivity index (χ0v) is 8.10. The summed E-state index contributed by atoms with van der Waals surface area (Å²) in [5.41, 5.74) is 5.40. The standard InChI is InChI=1S/C8H15F3N2O/c1-2-4-13-7(12)3-5-14-6-8(9,10)11/h2-6H2,1H3,(H2,12,13). The van der Waals surface area contributed by atoms with Gasteiger partial charge in [0.1, 0.15) is 6.61 Å². The Hall–Kier alpha value is -0.780. The van der Waals surface area contributed by atoms with E-state index in [4.69, 9.17) is 5.73 Å². The predicted octanol–water partition coefficient (Wildman–Crippen LogP) is 1.72. The molecule has 84 valence electrons. The molecule has 0 fully saturated rings. The SMILES string of the molecule is CCCN=C(N)CCOCC(F)(F)F. The zero-order valence-electron chi connectivity index (χ0n) is 8.10. The minimum absolute atomic E-state index is 0.0431. The van der Waals surface area contributed by atoms with Crippen molar-refractivity contribution < 1.29 is 17.9 Å². The van der Waals surface area contributed by atoms with Gasteiger partial charge in [-0.3, -0.25) is 4.99 Å². The molecular weight excluding hydrogens is 197 g/mol. The number of nitrogens with two attached hydrogens (primary N) is 1. The van der Waals surface area contributed by atoms with E-state index in [0.717, 1.165) is 6.42 Å². The van der Waals surface area contributed by atoms with Crippen molar-refractivity contribution in [2.24, 2.45) is 10.7 Å². The largest absolute Gasteiger partial charge is 0.411 e. The fourth-order valence-corrected chi connectivity index (χ4v) is 0.699. The van der Waals surface area contributed by atoms with Crippen molar-refractivity contribution >= 4 is 5.84 Å². The molecule has 6 heteroatoms. The van der Waals surface area contributed by atoms with Crippen LogP contribution >= 0.6 is 0 Å². The Bertz CT molecular complexity index is 180. The van der Waals surface area contributed by atoms with Gasteiger partial charge in [-0.2, -0.15) is 13.2 Å². The summed E-state index contributed by atoms with van der Waals surface area (Å²) in [7, 11) is 0. The van der Waals surface area contributed by atoms with Crippen LogP contribution in [-0.2, 0) is 4.74 Å². The Labute approximate surface area is 81.1 Å². The molecule has 0 radical (unpaired) electrons. The highest BCUT2D eigenvalue weighted by atomic mass is 19.4. The van der Waals surface area contributed by atoms with E-state index in [2.05, 4.69) is 9.73 Å². The van der Waals surface area contributed by atoms with Gasteiger partial charge >= 0.3 is 6.18 Å². The van der Waals surface area contributed by atoms with Crippen LogP contribution in [0.15, 0.2) is 4.99 Å². The summed E-state index contributed by atoms with van der Waals surface area (Å²) in [6, 6.07) is 0. The second kappa shape index (κ2) is 6.64. The lowest BCUT2D eigenvalue weighted by molar-refractivity contribution is -0.173. The van der Waals surface area contributed by atoms with Crippen LogP contribution in [0.4, 0.5) is 13.2 Å². The summed E-state index contributed by atoms with van der Waals surface area (Å²) in [5.74, 6) is 0.342. The van der Waals surface area contributed by atoms with Crippen LogP contribution in [-0.4, -0.2) is 31.8 Å². The Morgan fingerprint density at radius 3 is 2.57 bits per heavy atom. The van der Waals surface area contributed by atoms with Crippen molar-refractivity contribution in [3.63, 3.8) is 0 Å². The van der Waals surface area contributed by atoms with Gasteiger partial charge in [-0.25, -0.2) is 0 Å².